The van der Waals surface area contributed by atoms with Gasteiger partial charge in [0.15, 0.2) is 0 Å². The summed E-state index contributed by atoms with van der Waals surface area (Å²) in [5, 5.41) is 9.43. The summed E-state index contributed by atoms with van der Waals surface area (Å²) in [5.74, 6) is -5.12. The Kier molecular flexibility index (Phi) is 11.8. The molecule has 0 aromatic carbocycles. The van der Waals surface area contributed by atoms with E-state index in [1.54, 1.807) is 0 Å². The first-order chi connectivity index (χ1) is 22.7. The van der Waals surface area contributed by atoms with Crippen LogP contribution in [0.15, 0.2) is 11.4 Å². The molecule has 0 bridgehead atoms. The fraction of sp³-hybridized carbons (Fsp3) is 0.706. The third-order valence-electron chi connectivity index (χ3n) is 9.65. The molecule has 1 aromatic rings. The molecule has 0 radical (unpaired) electrons. The second-order valence-electron chi connectivity index (χ2n) is 14.1. The summed E-state index contributed by atoms with van der Waals surface area (Å²) in [5.41, 5.74) is -0.713. The summed E-state index contributed by atoms with van der Waals surface area (Å²) in [6.07, 6.45) is 6.13. The van der Waals surface area contributed by atoms with Crippen molar-refractivity contribution in [3.63, 3.8) is 0 Å². The Morgan fingerprint density at radius 1 is 1.06 bits per heavy atom. The molecule has 2 aliphatic carbocycles. The predicted molar refractivity (Wildman–Crippen MR) is 173 cm³/mol. The van der Waals surface area contributed by atoms with Crippen LogP contribution in [0.1, 0.15) is 97.5 Å². The number of rotatable bonds is 14. The van der Waals surface area contributed by atoms with Crippen molar-refractivity contribution in [1.82, 2.24) is 20.6 Å². The number of hydrogen-bond donors (Lipinski definition) is 2. The SMILES string of the molecule is CCC[C@H](NC(=O)[C@@H]1CC2(CC(c3cnc(OC)nc3OC)=NO2)CC1C(=O)[C@@H](CC(=O)OC1CCCC1)C(C)(C)C)C(=O)C(=O)NC. The van der Waals surface area contributed by atoms with Crippen molar-refractivity contribution in [2.75, 3.05) is 21.3 Å². The molecular weight excluding hydrogens is 622 g/mol. The zero-order valence-electron chi connectivity index (χ0n) is 29.1. The minimum Gasteiger partial charge on any atom is -0.480 e. The van der Waals surface area contributed by atoms with Crippen molar-refractivity contribution in [1.29, 1.82) is 0 Å². The zero-order chi connectivity index (χ0) is 35.2. The first-order valence-corrected chi connectivity index (χ1v) is 16.8. The van der Waals surface area contributed by atoms with E-state index in [1.165, 1.54) is 27.5 Å². The molecule has 1 aliphatic heterocycles. The van der Waals surface area contributed by atoms with Crippen LogP contribution >= 0.6 is 0 Å². The number of ketones is 2. The lowest BCUT2D eigenvalue weighted by molar-refractivity contribution is -0.154. The summed E-state index contributed by atoms with van der Waals surface area (Å²) in [6, 6.07) is -0.952. The molecule has 0 saturated heterocycles. The molecule has 3 aliphatic rings. The van der Waals surface area contributed by atoms with Crippen LogP contribution in [-0.2, 0) is 33.5 Å². The third kappa shape index (κ3) is 8.30. The number of hydrogen-bond acceptors (Lipinski definition) is 12. The second kappa shape index (κ2) is 15.4. The number of likely N-dealkylation sites (N-methyl/N-ethyl adjacent to an activating group) is 1. The van der Waals surface area contributed by atoms with E-state index in [2.05, 4.69) is 25.8 Å². The van der Waals surface area contributed by atoms with E-state index < -0.39 is 58.4 Å². The minimum atomic E-state index is -1.06. The molecule has 1 aromatic heterocycles. The third-order valence-corrected chi connectivity index (χ3v) is 9.65. The lowest BCUT2D eigenvalue weighted by Crippen LogP contribution is -2.50. The molecule has 5 atom stereocenters. The predicted octanol–water partition coefficient (Wildman–Crippen LogP) is 3.09. The number of carbonyl (C=O) groups excluding carboxylic acids is 5. The Hall–Kier alpha value is -4.10. The number of methoxy groups -OCH3 is 2. The number of esters is 1. The topological polar surface area (TPSA) is 184 Å². The van der Waals surface area contributed by atoms with Crippen LogP contribution in [-0.4, -0.2) is 84.0 Å². The van der Waals surface area contributed by atoms with E-state index in [9.17, 15) is 24.0 Å². The summed E-state index contributed by atoms with van der Waals surface area (Å²) in [4.78, 5) is 81.3. The average Bonchev–Trinajstić information content (AvgIpc) is 3.82. The van der Waals surface area contributed by atoms with E-state index in [0.717, 1.165) is 25.7 Å². The molecule has 2 fully saturated rings. The first kappa shape index (κ1) is 36.7. The highest BCUT2D eigenvalue weighted by Gasteiger charge is 2.57. The number of oxime groups is 1. The van der Waals surface area contributed by atoms with Crippen molar-refractivity contribution in [3.8, 4) is 11.9 Å². The van der Waals surface area contributed by atoms with Gasteiger partial charge in [-0.15, -0.1) is 0 Å². The standard InChI is InChI=1S/C34H49N5O9/c1-8-11-24(28(42)30(44)35-5)37-29(43)21-16-34(17-25(39-48-34)22-18-36-32(46-7)38-31(22)45-6)15-20(21)27(41)23(33(2,3)4)14-26(40)47-19-12-9-10-13-19/h18-21,23-24H,8-17H2,1-7H3,(H,35,44)(H,37,43)/t20?,21-,23-,24+,34?/m1/s1. The smallest absolute Gasteiger partial charge is 0.319 e. The van der Waals surface area contributed by atoms with Gasteiger partial charge in [0.2, 0.25) is 17.6 Å². The van der Waals surface area contributed by atoms with Crippen molar-refractivity contribution in [2.24, 2.45) is 28.3 Å². The number of Topliss-reactive ketones (excluding diaryl/α,β-unsaturated/α-hetero) is 2. The Morgan fingerprint density at radius 2 is 1.75 bits per heavy atom. The van der Waals surface area contributed by atoms with E-state index in [-0.39, 0.29) is 55.9 Å². The van der Waals surface area contributed by atoms with Crippen LogP contribution in [0.3, 0.4) is 0 Å². The molecule has 14 nitrogen and oxygen atoms in total. The Bertz CT molecular complexity index is 1420. The highest BCUT2D eigenvalue weighted by Crippen LogP contribution is 2.50. The monoisotopic (exact) mass is 671 g/mol. The van der Waals surface area contributed by atoms with E-state index >= 15 is 0 Å². The van der Waals surface area contributed by atoms with Gasteiger partial charge >= 0.3 is 12.0 Å². The van der Waals surface area contributed by atoms with Gasteiger partial charge in [0.1, 0.15) is 17.5 Å². The van der Waals surface area contributed by atoms with Crippen molar-refractivity contribution in [2.45, 2.75) is 110 Å². The van der Waals surface area contributed by atoms with Gasteiger partial charge in [0.25, 0.3) is 5.91 Å². The van der Waals surface area contributed by atoms with E-state index in [1.807, 2.05) is 27.7 Å². The molecule has 264 valence electrons. The maximum Gasteiger partial charge on any atom is 0.319 e. The number of nitrogens with zero attached hydrogens (tertiary/aromatic N) is 3. The van der Waals surface area contributed by atoms with Crippen LogP contribution in [0.5, 0.6) is 11.9 Å². The van der Waals surface area contributed by atoms with Gasteiger partial charge < -0.3 is 29.7 Å². The van der Waals surface area contributed by atoms with Crippen LogP contribution in [0.4, 0.5) is 0 Å². The highest BCUT2D eigenvalue weighted by molar-refractivity contribution is 6.38. The van der Waals surface area contributed by atoms with Crippen LogP contribution in [0.2, 0.25) is 0 Å². The number of carbonyl (C=O) groups is 5. The van der Waals surface area contributed by atoms with Gasteiger partial charge in [-0.25, -0.2) is 4.98 Å². The lowest BCUT2D eigenvalue weighted by atomic mass is 9.71. The second-order valence-corrected chi connectivity index (χ2v) is 14.1. The van der Waals surface area contributed by atoms with Crippen molar-refractivity contribution in [3.05, 3.63) is 11.8 Å². The highest BCUT2D eigenvalue weighted by atomic mass is 16.7. The van der Waals surface area contributed by atoms with Crippen LogP contribution in [0, 0.1) is 23.2 Å². The molecule has 2 N–H and O–H groups in total. The molecule has 1 spiro atoms. The summed E-state index contributed by atoms with van der Waals surface area (Å²) in [7, 11) is 4.25. The number of aromatic nitrogens is 2. The molecule has 2 unspecified atom stereocenters. The van der Waals surface area contributed by atoms with Crippen LogP contribution in [0.25, 0.3) is 0 Å². The summed E-state index contributed by atoms with van der Waals surface area (Å²) < 4.78 is 16.3. The quantitative estimate of drug-likeness (QED) is 0.219. The molecule has 48 heavy (non-hydrogen) atoms. The number of ether oxygens (including phenoxy) is 3. The zero-order valence-corrected chi connectivity index (χ0v) is 29.1. The molecule has 4 rings (SSSR count). The molecule has 2 amide bonds. The molecule has 2 saturated carbocycles. The fourth-order valence-corrected chi connectivity index (χ4v) is 7.05. The fourth-order valence-electron chi connectivity index (χ4n) is 7.05. The molecule has 2 heterocycles. The minimum absolute atomic E-state index is 0.109. The number of nitrogens with one attached hydrogen (secondary N) is 2. The van der Waals surface area contributed by atoms with Gasteiger partial charge in [-0.1, -0.05) is 39.3 Å². The maximum atomic E-state index is 14.6. The maximum absolute atomic E-state index is 14.6. The van der Waals surface area contributed by atoms with Crippen molar-refractivity contribution < 1.29 is 43.0 Å². The van der Waals surface area contributed by atoms with Crippen LogP contribution < -0.4 is 20.1 Å². The first-order valence-electron chi connectivity index (χ1n) is 16.8. The Labute approximate surface area is 281 Å². The molecular formula is C34H49N5O9. The Balaban J connectivity index is 1.64. The molecule has 14 heteroatoms. The van der Waals surface area contributed by atoms with Gasteiger partial charge in [0.05, 0.1) is 43.9 Å². The lowest BCUT2D eigenvalue weighted by Gasteiger charge is -2.32. The van der Waals surface area contributed by atoms with E-state index in [0.29, 0.717) is 17.7 Å². The Morgan fingerprint density at radius 3 is 2.35 bits per heavy atom. The van der Waals surface area contributed by atoms with Crippen molar-refractivity contribution >= 4 is 35.1 Å². The largest absolute Gasteiger partial charge is 0.480 e. The van der Waals surface area contributed by atoms with Gasteiger partial charge in [0, 0.05) is 44.3 Å². The van der Waals surface area contributed by atoms with E-state index in [4.69, 9.17) is 19.0 Å². The summed E-state index contributed by atoms with van der Waals surface area (Å²) in [6.45, 7) is 7.51. The normalized spacial score (nSPS) is 23.5. The summed E-state index contributed by atoms with van der Waals surface area (Å²) >= 11 is 0. The number of amides is 2. The van der Waals surface area contributed by atoms with Gasteiger partial charge in [-0.05, 0) is 37.5 Å². The van der Waals surface area contributed by atoms with Gasteiger partial charge in [-0.3, -0.25) is 24.0 Å². The van der Waals surface area contributed by atoms with Gasteiger partial charge in [-0.2, -0.15) is 4.98 Å². The average molecular weight is 672 g/mol.